The zero-order valence-electron chi connectivity index (χ0n) is 14.1. The van der Waals surface area contributed by atoms with Crippen molar-refractivity contribution in [2.24, 2.45) is 0 Å². The molecule has 1 unspecified atom stereocenters. The van der Waals surface area contributed by atoms with Crippen molar-refractivity contribution in [1.82, 2.24) is 10.6 Å². The van der Waals surface area contributed by atoms with Crippen LogP contribution < -0.4 is 10.6 Å². The van der Waals surface area contributed by atoms with Crippen LogP contribution in [0.4, 0.5) is 4.79 Å². The molecule has 0 saturated heterocycles. The van der Waals surface area contributed by atoms with Crippen molar-refractivity contribution in [1.29, 1.82) is 0 Å². The molecule has 0 saturated carbocycles. The van der Waals surface area contributed by atoms with Gasteiger partial charge < -0.3 is 20.1 Å². The Morgan fingerprint density at radius 1 is 1.41 bits per heavy atom. The number of hydrogen-bond donors (Lipinski definition) is 2. The zero-order chi connectivity index (χ0) is 17.1. The summed E-state index contributed by atoms with van der Waals surface area (Å²) in [6, 6.07) is -0.864. The number of rotatable bonds is 6. The maximum Gasteiger partial charge on any atom is 0.338 e. The number of urea groups is 1. The molecule has 1 aliphatic heterocycles. The Morgan fingerprint density at radius 3 is 2.50 bits per heavy atom. The van der Waals surface area contributed by atoms with Crippen LogP contribution >= 0.6 is 11.8 Å². The van der Waals surface area contributed by atoms with Gasteiger partial charge in [0.1, 0.15) is 0 Å². The SMILES string of the molecule is C/C=C(\SC)C1NC(=O)NC(COC)=C1C(=O)OCC.CC. The number of ether oxygens (including phenoxy) is 2. The summed E-state index contributed by atoms with van der Waals surface area (Å²) in [6.07, 6.45) is 3.76. The van der Waals surface area contributed by atoms with Gasteiger partial charge in [-0.05, 0) is 20.1 Å². The van der Waals surface area contributed by atoms with E-state index in [4.69, 9.17) is 9.47 Å². The number of nitrogens with one attached hydrogen (secondary N) is 2. The Kier molecular flexibility index (Phi) is 10.4. The van der Waals surface area contributed by atoms with E-state index in [9.17, 15) is 9.59 Å². The molecular weight excluding hydrogens is 304 g/mol. The van der Waals surface area contributed by atoms with Gasteiger partial charge in [0.15, 0.2) is 0 Å². The molecule has 1 rings (SSSR count). The van der Waals surface area contributed by atoms with Gasteiger partial charge in [0.2, 0.25) is 0 Å². The van der Waals surface area contributed by atoms with Crippen molar-refractivity contribution < 1.29 is 19.1 Å². The molecule has 1 atom stereocenters. The van der Waals surface area contributed by atoms with Crippen molar-refractivity contribution in [2.45, 2.75) is 33.7 Å². The molecule has 0 aliphatic carbocycles. The topological polar surface area (TPSA) is 76.7 Å². The van der Waals surface area contributed by atoms with Gasteiger partial charge in [-0.2, -0.15) is 0 Å². The van der Waals surface area contributed by atoms with Gasteiger partial charge in [-0.3, -0.25) is 0 Å². The predicted octanol–water partition coefficient (Wildman–Crippen LogP) is 2.42. The minimum absolute atomic E-state index is 0.142. The lowest BCUT2D eigenvalue weighted by molar-refractivity contribution is -0.138. The Morgan fingerprint density at radius 2 is 2.05 bits per heavy atom. The van der Waals surface area contributed by atoms with Crippen molar-refractivity contribution >= 4 is 23.8 Å². The highest BCUT2D eigenvalue weighted by Crippen LogP contribution is 2.26. The smallest absolute Gasteiger partial charge is 0.338 e. The molecular formula is C15H26N2O4S. The maximum absolute atomic E-state index is 12.2. The second-order valence-electron chi connectivity index (χ2n) is 3.97. The van der Waals surface area contributed by atoms with Gasteiger partial charge in [-0.15, -0.1) is 11.8 Å². The van der Waals surface area contributed by atoms with E-state index >= 15 is 0 Å². The van der Waals surface area contributed by atoms with E-state index < -0.39 is 12.0 Å². The molecule has 0 aromatic rings. The van der Waals surface area contributed by atoms with Crippen molar-refractivity contribution in [3.63, 3.8) is 0 Å². The molecule has 2 N–H and O–H groups in total. The summed E-state index contributed by atoms with van der Waals surface area (Å²) in [7, 11) is 1.50. The van der Waals surface area contributed by atoms with Crippen molar-refractivity contribution in [3.05, 3.63) is 22.3 Å². The molecule has 0 fully saturated rings. The standard InChI is InChI=1S/C13H20N2O4S.C2H6/c1-5-9(20-4)11-10(12(16)19-6-2)8(7-18-3)14-13(17)15-11;1-2/h5,11H,6-7H2,1-4H3,(H2,14,15,17);1-2H3/b9-5-;. The van der Waals surface area contributed by atoms with E-state index in [1.165, 1.54) is 18.9 Å². The third kappa shape index (κ3) is 5.38. The van der Waals surface area contributed by atoms with E-state index in [0.717, 1.165) is 4.91 Å². The summed E-state index contributed by atoms with van der Waals surface area (Å²) in [5, 5.41) is 5.35. The van der Waals surface area contributed by atoms with Crippen LogP contribution in [0.25, 0.3) is 0 Å². The van der Waals surface area contributed by atoms with Crippen LogP contribution in [-0.4, -0.2) is 44.6 Å². The van der Waals surface area contributed by atoms with Crippen LogP contribution in [0.2, 0.25) is 0 Å². The lowest BCUT2D eigenvalue weighted by Gasteiger charge is -2.29. The lowest BCUT2D eigenvalue weighted by atomic mass is 10.0. The van der Waals surface area contributed by atoms with Gasteiger partial charge in [-0.1, -0.05) is 19.9 Å². The fourth-order valence-electron chi connectivity index (χ4n) is 1.94. The van der Waals surface area contributed by atoms with E-state index in [2.05, 4.69) is 10.6 Å². The van der Waals surface area contributed by atoms with Crippen LogP contribution in [-0.2, 0) is 14.3 Å². The predicted molar refractivity (Wildman–Crippen MR) is 89.6 cm³/mol. The third-order valence-corrected chi connectivity index (χ3v) is 3.69. The number of amides is 2. The Labute approximate surface area is 136 Å². The van der Waals surface area contributed by atoms with E-state index in [-0.39, 0.29) is 19.2 Å². The molecule has 0 aromatic carbocycles. The van der Waals surface area contributed by atoms with E-state index in [0.29, 0.717) is 11.3 Å². The average Bonchev–Trinajstić information content (AvgIpc) is 2.50. The maximum atomic E-state index is 12.2. The molecule has 1 aliphatic rings. The number of methoxy groups -OCH3 is 1. The van der Waals surface area contributed by atoms with Crippen LogP contribution in [0.5, 0.6) is 0 Å². The number of carbonyl (C=O) groups excluding carboxylic acids is 2. The molecule has 2 amide bonds. The van der Waals surface area contributed by atoms with Crippen LogP contribution in [0, 0.1) is 0 Å². The zero-order valence-corrected chi connectivity index (χ0v) is 14.9. The minimum atomic E-state index is -0.507. The molecule has 6 nitrogen and oxygen atoms in total. The molecule has 22 heavy (non-hydrogen) atoms. The second kappa shape index (κ2) is 11.1. The normalized spacial score (nSPS) is 18.0. The van der Waals surface area contributed by atoms with Crippen molar-refractivity contribution in [2.75, 3.05) is 26.6 Å². The fourth-order valence-corrected chi connectivity index (χ4v) is 2.59. The Balaban J connectivity index is 0.00000211. The summed E-state index contributed by atoms with van der Waals surface area (Å²) in [5.74, 6) is -0.453. The summed E-state index contributed by atoms with van der Waals surface area (Å²) >= 11 is 1.47. The lowest BCUT2D eigenvalue weighted by Crippen LogP contribution is -2.51. The Hall–Kier alpha value is -1.47. The van der Waals surface area contributed by atoms with Gasteiger partial charge >= 0.3 is 12.0 Å². The van der Waals surface area contributed by atoms with Crippen LogP contribution in [0.3, 0.4) is 0 Å². The van der Waals surface area contributed by atoms with Gasteiger partial charge in [0.05, 0.1) is 30.5 Å². The summed E-state index contributed by atoms with van der Waals surface area (Å²) in [6.45, 7) is 8.01. The molecule has 7 heteroatoms. The first-order chi connectivity index (χ1) is 10.6. The minimum Gasteiger partial charge on any atom is -0.463 e. The number of carbonyl (C=O) groups is 2. The number of allylic oxidation sites excluding steroid dienone is 1. The first kappa shape index (κ1) is 20.5. The van der Waals surface area contributed by atoms with E-state index in [1.54, 1.807) is 6.92 Å². The number of hydrogen-bond acceptors (Lipinski definition) is 5. The highest BCUT2D eigenvalue weighted by molar-refractivity contribution is 8.02. The fraction of sp³-hybridized carbons (Fsp3) is 0.600. The van der Waals surface area contributed by atoms with Gasteiger partial charge in [0, 0.05) is 12.0 Å². The summed E-state index contributed by atoms with van der Waals surface area (Å²) in [4.78, 5) is 24.8. The first-order valence-electron chi connectivity index (χ1n) is 7.25. The highest BCUT2D eigenvalue weighted by atomic mass is 32.2. The second-order valence-corrected chi connectivity index (χ2v) is 4.85. The van der Waals surface area contributed by atoms with Crippen LogP contribution in [0.1, 0.15) is 27.7 Å². The quantitative estimate of drug-likeness (QED) is 0.732. The molecule has 0 radical (unpaired) electrons. The molecule has 126 valence electrons. The van der Waals surface area contributed by atoms with Crippen molar-refractivity contribution in [3.8, 4) is 0 Å². The van der Waals surface area contributed by atoms with E-state index in [1.807, 2.05) is 33.1 Å². The molecule has 0 aromatic heterocycles. The molecule has 0 bridgehead atoms. The third-order valence-electron chi connectivity index (χ3n) is 2.74. The van der Waals surface area contributed by atoms with Gasteiger partial charge in [0.25, 0.3) is 0 Å². The average molecular weight is 330 g/mol. The highest BCUT2D eigenvalue weighted by Gasteiger charge is 2.34. The number of thioether (sulfide) groups is 1. The largest absolute Gasteiger partial charge is 0.463 e. The monoisotopic (exact) mass is 330 g/mol. The number of esters is 1. The molecule has 1 heterocycles. The molecule has 0 spiro atoms. The van der Waals surface area contributed by atoms with Gasteiger partial charge in [-0.25, -0.2) is 9.59 Å². The Bertz CT molecular complexity index is 447. The summed E-state index contributed by atoms with van der Waals surface area (Å²) in [5.41, 5.74) is 0.823. The van der Waals surface area contributed by atoms with Crippen LogP contribution in [0.15, 0.2) is 22.3 Å². The summed E-state index contributed by atoms with van der Waals surface area (Å²) < 4.78 is 10.1. The first-order valence-corrected chi connectivity index (χ1v) is 8.48.